The molecule has 0 fully saturated rings. The number of rotatable bonds is 2. The van der Waals surface area contributed by atoms with Gasteiger partial charge in [0.25, 0.3) is 0 Å². The summed E-state index contributed by atoms with van der Waals surface area (Å²) in [5.41, 5.74) is 0.635. The van der Waals surface area contributed by atoms with E-state index in [1.54, 1.807) is 13.0 Å². The van der Waals surface area contributed by atoms with Gasteiger partial charge in [0.2, 0.25) is 0 Å². The van der Waals surface area contributed by atoms with Crippen molar-refractivity contribution < 1.29 is 13.2 Å². The number of aromatic nitrogens is 1. The van der Waals surface area contributed by atoms with Gasteiger partial charge in [-0.15, -0.1) is 0 Å². The van der Waals surface area contributed by atoms with E-state index in [-0.39, 0.29) is 0 Å². The lowest BCUT2D eigenvalue weighted by Gasteiger charge is -2.14. The van der Waals surface area contributed by atoms with Crippen molar-refractivity contribution in [2.75, 3.05) is 11.9 Å². The average Bonchev–Trinajstić information content (AvgIpc) is 2.33. The third kappa shape index (κ3) is 2.68. The van der Waals surface area contributed by atoms with Crippen molar-refractivity contribution in [2.45, 2.75) is 20.0 Å². The minimum atomic E-state index is -4.45. The quantitative estimate of drug-likeness (QED) is 0.857. The standard InChI is InChI=1S/C13H12BrF3N2/c1-3-18-9-6-10(13(15,16)17)19-12-7(2)4-5-8(14)11(9)12/h4-6H,3H2,1-2H3,(H,18,19). The van der Waals surface area contributed by atoms with Crippen molar-refractivity contribution in [3.05, 3.63) is 33.9 Å². The molecule has 1 aromatic heterocycles. The molecule has 0 atom stereocenters. The van der Waals surface area contributed by atoms with Gasteiger partial charge in [-0.05, 0) is 31.5 Å². The molecule has 19 heavy (non-hydrogen) atoms. The first-order valence-electron chi connectivity index (χ1n) is 5.75. The van der Waals surface area contributed by atoms with Crippen LogP contribution in [0.3, 0.4) is 0 Å². The summed E-state index contributed by atoms with van der Waals surface area (Å²) >= 11 is 3.37. The topological polar surface area (TPSA) is 24.9 Å². The van der Waals surface area contributed by atoms with E-state index >= 15 is 0 Å². The molecular weight excluding hydrogens is 321 g/mol. The Hall–Kier alpha value is -1.30. The molecule has 2 aromatic rings. The first kappa shape index (κ1) is 14.1. The smallest absolute Gasteiger partial charge is 0.385 e. The molecule has 1 heterocycles. The lowest BCUT2D eigenvalue weighted by atomic mass is 10.1. The van der Waals surface area contributed by atoms with E-state index in [9.17, 15) is 13.2 Å². The Morgan fingerprint density at radius 1 is 1.32 bits per heavy atom. The van der Waals surface area contributed by atoms with Crippen molar-refractivity contribution >= 4 is 32.5 Å². The van der Waals surface area contributed by atoms with Gasteiger partial charge in [-0.3, -0.25) is 0 Å². The van der Waals surface area contributed by atoms with Crippen LogP contribution in [0.1, 0.15) is 18.2 Å². The number of hydrogen-bond acceptors (Lipinski definition) is 2. The number of nitrogens with zero attached hydrogens (tertiary/aromatic N) is 1. The van der Waals surface area contributed by atoms with Crippen LogP contribution in [0.25, 0.3) is 10.9 Å². The monoisotopic (exact) mass is 332 g/mol. The molecule has 1 N–H and O–H groups in total. The summed E-state index contributed by atoms with van der Waals surface area (Å²) < 4.78 is 39.3. The molecule has 6 heteroatoms. The first-order chi connectivity index (χ1) is 8.84. The van der Waals surface area contributed by atoms with Crippen LogP contribution in [0.15, 0.2) is 22.7 Å². The lowest BCUT2D eigenvalue weighted by Crippen LogP contribution is -2.10. The van der Waals surface area contributed by atoms with Gasteiger partial charge in [-0.1, -0.05) is 22.0 Å². The summed E-state index contributed by atoms with van der Waals surface area (Å²) in [4.78, 5) is 3.75. The van der Waals surface area contributed by atoms with Crippen LogP contribution < -0.4 is 5.32 Å². The summed E-state index contributed by atoms with van der Waals surface area (Å²) in [6.45, 7) is 4.12. The third-order valence-corrected chi connectivity index (χ3v) is 3.43. The van der Waals surface area contributed by atoms with Gasteiger partial charge in [-0.25, -0.2) is 4.98 Å². The number of anilines is 1. The summed E-state index contributed by atoms with van der Waals surface area (Å²) in [5, 5.41) is 3.64. The SMILES string of the molecule is CCNc1cc(C(F)(F)F)nc2c(C)ccc(Br)c12. The van der Waals surface area contributed by atoms with E-state index in [0.717, 1.165) is 10.5 Å². The highest BCUT2D eigenvalue weighted by atomic mass is 79.9. The normalized spacial score (nSPS) is 11.9. The molecule has 1 aromatic carbocycles. The van der Waals surface area contributed by atoms with Crippen molar-refractivity contribution in [3.63, 3.8) is 0 Å². The Balaban J connectivity index is 2.83. The number of nitrogens with one attached hydrogen (secondary N) is 1. The van der Waals surface area contributed by atoms with Gasteiger partial charge < -0.3 is 5.32 Å². The molecule has 0 aliphatic heterocycles. The Bertz CT molecular complexity index is 623. The largest absolute Gasteiger partial charge is 0.433 e. The highest BCUT2D eigenvalue weighted by Gasteiger charge is 2.33. The van der Waals surface area contributed by atoms with Crippen LogP contribution >= 0.6 is 15.9 Å². The Kier molecular flexibility index (Phi) is 3.71. The van der Waals surface area contributed by atoms with Crippen LogP contribution in [0.2, 0.25) is 0 Å². The molecule has 0 spiro atoms. The summed E-state index contributed by atoms with van der Waals surface area (Å²) in [5.74, 6) is 0. The second-order valence-corrected chi connectivity index (χ2v) is 5.03. The van der Waals surface area contributed by atoms with Gasteiger partial charge in [0.05, 0.1) is 5.52 Å². The predicted molar refractivity (Wildman–Crippen MR) is 73.3 cm³/mol. The van der Waals surface area contributed by atoms with E-state index in [4.69, 9.17) is 0 Å². The highest BCUT2D eigenvalue weighted by molar-refractivity contribution is 9.10. The number of alkyl halides is 3. The molecule has 0 aliphatic carbocycles. The maximum Gasteiger partial charge on any atom is 0.433 e. The number of hydrogen-bond donors (Lipinski definition) is 1. The first-order valence-corrected chi connectivity index (χ1v) is 6.54. The molecule has 0 radical (unpaired) electrons. The maximum absolute atomic E-state index is 12.9. The fourth-order valence-corrected chi connectivity index (χ4v) is 2.44. The van der Waals surface area contributed by atoms with Crippen LogP contribution in [0.5, 0.6) is 0 Å². The fourth-order valence-electron chi connectivity index (χ4n) is 1.91. The molecule has 0 saturated carbocycles. The van der Waals surface area contributed by atoms with Crippen molar-refractivity contribution in [2.24, 2.45) is 0 Å². The third-order valence-electron chi connectivity index (χ3n) is 2.77. The second-order valence-electron chi connectivity index (χ2n) is 4.17. The predicted octanol–water partition coefficient (Wildman–Crippen LogP) is 4.76. The summed E-state index contributed by atoms with van der Waals surface area (Å²) in [6.07, 6.45) is -4.45. The van der Waals surface area contributed by atoms with Crippen LogP contribution in [-0.2, 0) is 6.18 Å². The van der Waals surface area contributed by atoms with E-state index in [1.165, 1.54) is 0 Å². The van der Waals surface area contributed by atoms with Crippen LogP contribution in [0.4, 0.5) is 18.9 Å². The average molecular weight is 333 g/mol. The van der Waals surface area contributed by atoms with Crippen molar-refractivity contribution in [3.8, 4) is 0 Å². The van der Waals surface area contributed by atoms with Crippen LogP contribution in [-0.4, -0.2) is 11.5 Å². The zero-order valence-corrected chi connectivity index (χ0v) is 12.0. The molecule has 0 amide bonds. The number of halogens is 4. The van der Waals surface area contributed by atoms with Gasteiger partial charge in [0.1, 0.15) is 5.69 Å². The Morgan fingerprint density at radius 3 is 2.58 bits per heavy atom. The fraction of sp³-hybridized carbons (Fsp3) is 0.308. The number of fused-ring (bicyclic) bond motifs is 1. The number of aryl methyl sites for hydroxylation is 1. The molecule has 0 aliphatic rings. The molecule has 2 rings (SSSR count). The molecule has 102 valence electrons. The molecule has 2 nitrogen and oxygen atoms in total. The van der Waals surface area contributed by atoms with E-state index in [2.05, 4.69) is 26.2 Å². The zero-order valence-electron chi connectivity index (χ0n) is 10.4. The van der Waals surface area contributed by atoms with E-state index in [1.807, 2.05) is 13.0 Å². The Morgan fingerprint density at radius 2 is 2.00 bits per heavy atom. The van der Waals surface area contributed by atoms with Crippen molar-refractivity contribution in [1.29, 1.82) is 0 Å². The number of benzene rings is 1. The summed E-state index contributed by atoms with van der Waals surface area (Å²) in [7, 11) is 0. The van der Waals surface area contributed by atoms with Gasteiger partial charge in [0.15, 0.2) is 0 Å². The highest BCUT2D eigenvalue weighted by Crippen LogP contribution is 2.37. The minimum absolute atomic E-state index is 0.361. The zero-order chi connectivity index (χ0) is 14.2. The van der Waals surface area contributed by atoms with E-state index < -0.39 is 11.9 Å². The van der Waals surface area contributed by atoms with Gasteiger partial charge in [0, 0.05) is 22.1 Å². The lowest BCUT2D eigenvalue weighted by molar-refractivity contribution is -0.140. The molecule has 0 unspecified atom stereocenters. The Labute approximate surface area is 117 Å². The van der Waals surface area contributed by atoms with Gasteiger partial charge >= 0.3 is 6.18 Å². The molecular formula is C13H12BrF3N2. The number of pyridine rings is 1. The second kappa shape index (κ2) is 5.00. The van der Waals surface area contributed by atoms with E-state index in [0.29, 0.717) is 28.7 Å². The minimum Gasteiger partial charge on any atom is -0.385 e. The molecule has 0 saturated heterocycles. The summed E-state index contributed by atoms with van der Waals surface area (Å²) in [6, 6.07) is 4.61. The van der Waals surface area contributed by atoms with Crippen LogP contribution in [0, 0.1) is 6.92 Å². The maximum atomic E-state index is 12.9. The van der Waals surface area contributed by atoms with Crippen molar-refractivity contribution in [1.82, 2.24) is 4.98 Å². The molecule has 0 bridgehead atoms. The van der Waals surface area contributed by atoms with Gasteiger partial charge in [-0.2, -0.15) is 13.2 Å².